The Labute approximate surface area is 149 Å². The van der Waals surface area contributed by atoms with Gasteiger partial charge in [0.2, 0.25) is 0 Å². The summed E-state index contributed by atoms with van der Waals surface area (Å²) < 4.78 is 0. The Balaban J connectivity index is 0. The Hall–Kier alpha value is -1.26. The zero-order chi connectivity index (χ0) is 14.3. The van der Waals surface area contributed by atoms with Crippen LogP contribution in [0.4, 0.5) is 0 Å². The molecule has 9 heteroatoms. The molecule has 0 aliphatic carbocycles. The standard InChI is InChI=1S/C8H6O4.C2H2O4.K.H/c9-7(10)5-3-1-2-4-6(5)8(11)12;3-1(4)2(5)6;;/h1-4H,(H,9,10)(H,11,12);(H,3,4)(H,5,6);;. The van der Waals surface area contributed by atoms with Crippen molar-refractivity contribution >= 4 is 75.3 Å². The summed E-state index contributed by atoms with van der Waals surface area (Å²) >= 11 is 0. The number of aliphatic carboxylic acids is 2. The molecule has 4 N–H and O–H groups in total. The molecule has 0 aromatic heterocycles. The Morgan fingerprint density at radius 3 is 1.11 bits per heavy atom. The van der Waals surface area contributed by atoms with Crippen LogP contribution in [-0.2, 0) is 9.59 Å². The van der Waals surface area contributed by atoms with E-state index >= 15 is 0 Å². The van der Waals surface area contributed by atoms with Gasteiger partial charge in [-0.15, -0.1) is 0 Å². The molecule has 0 bridgehead atoms. The minimum atomic E-state index is -1.82. The molecule has 0 heterocycles. The van der Waals surface area contributed by atoms with Crippen LogP contribution in [0, 0.1) is 0 Å². The molecular formula is C10H9KO8. The van der Waals surface area contributed by atoms with Crippen LogP contribution in [0.25, 0.3) is 0 Å². The van der Waals surface area contributed by atoms with Gasteiger partial charge < -0.3 is 20.4 Å². The number of aromatic carboxylic acids is 2. The second kappa shape index (κ2) is 9.64. The number of carboxylic acid groups (broad SMARTS) is 4. The van der Waals surface area contributed by atoms with Crippen LogP contribution in [0.2, 0.25) is 0 Å². The first kappa shape index (κ1) is 20.1. The first-order chi connectivity index (χ1) is 8.27. The van der Waals surface area contributed by atoms with E-state index in [1.807, 2.05) is 0 Å². The van der Waals surface area contributed by atoms with Crippen LogP contribution in [-0.4, -0.2) is 95.7 Å². The zero-order valence-electron chi connectivity index (χ0n) is 8.73. The molecule has 1 aromatic rings. The molecule has 1 rings (SSSR count). The average molecular weight is 296 g/mol. The van der Waals surface area contributed by atoms with Gasteiger partial charge in [0.1, 0.15) is 0 Å². The van der Waals surface area contributed by atoms with Crippen molar-refractivity contribution in [1.82, 2.24) is 0 Å². The van der Waals surface area contributed by atoms with Gasteiger partial charge in [0, 0.05) is 0 Å². The number of carbonyl (C=O) groups is 4. The van der Waals surface area contributed by atoms with Crippen LogP contribution in [0.5, 0.6) is 0 Å². The second-order valence-electron chi connectivity index (χ2n) is 2.77. The van der Waals surface area contributed by atoms with E-state index in [4.69, 9.17) is 30.0 Å². The molecule has 0 spiro atoms. The van der Waals surface area contributed by atoms with Gasteiger partial charge in [0.15, 0.2) is 0 Å². The summed E-state index contributed by atoms with van der Waals surface area (Å²) in [6, 6.07) is 5.48. The Bertz CT molecular complexity index is 451. The predicted molar refractivity (Wildman–Crippen MR) is 62.8 cm³/mol. The molecule has 0 aliphatic rings. The molecular weight excluding hydrogens is 287 g/mol. The van der Waals surface area contributed by atoms with E-state index in [1.165, 1.54) is 24.3 Å². The third kappa shape index (κ3) is 7.69. The topological polar surface area (TPSA) is 149 Å². The van der Waals surface area contributed by atoms with Crippen molar-refractivity contribution in [2.45, 2.75) is 0 Å². The number of rotatable bonds is 2. The van der Waals surface area contributed by atoms with Crippen molar-refractivity contribution in [1.29, 1.82) is 0 Å². The monoisotopic (exact) mass is 296 g/mol. The van der Waals surface area contributed by atoms with Crippen LogP contribution in [0.3, 0.4) is 0 Å². The quantitative estimate of drug-likeness (QED) is 0.425. The minimum absolute atomic E-state index is 0. The van der Waals surface area contributed by atoms with Gasteiger partial charge in [-0.25, -0.2) is 19.2 Å². The van der Waals surface area contributed by atoms with Gasteiger partial charge >= 0.3 is 75.3 Å². The predicted octanol–water partition coefficient (Wildman–Crippen LogP) is -0.410. The fraction of sp³-hybridized carbons (Fsp3) is 0. The fourth-order valence-corrected chi connectivity index (χ4v) is 0.856. The summed E-state index contributed by atoms with van der Waals surface area (Å²) in [6.07, 6.45) is 0. The average Bonchev–Trinajstić information content (AvgIpc) is 2.29. The van der Waals surface area contributed by atoms with Gasteiger partial charge in [0.05, 0.1) is 11.1 Å². The van der Waals surface area contributed by atoms with Crippen LogP contribution in [0.15, 0.2) is 24.3 Å². The maximum atomic E-state index is 10.5. The van der Waals surface area contributed by atoms with Crippen LogP contribution < -0.4 is 0 Å². The molecule has 0 unspecified atom stereocenters. The summed E-state index contributed by atoms with van der Waals surface area (Å²) in [5, 5.41) is 31.9. The van der Waals surface area contributed by atoms with E-state index in [2.05, 4.69) is 0 Å². The molecule has 0 saturated carbocycles. The second-order valence-corrected chi connectivity index (χ2v) is 2.77. The van der Waals surface area contributed by atoms with E-state index in [1.54, 1.807) is 0 Å². The van der Waals surface area contributed by atoms with E-state index in [9.17, 15) is 9.59 Å². The van der Waals surface area contributed by atoms with Gasteiger partial charge in [-0.1, -0.05) is 12.1 Å². The number of hydrogen-bond donors (Lipinski definition) is 4. The first-order valence-electron chi connectivity index (χ1n) is 4.29. The van der Waals surface area contributed by atoms with Crippen molar-refractivity contribution in [2.24, 2.45) is 0 Å². The van der Waals surface area contributed by atoms with E-state index in [0.717, 1.165) is 0 Å². The summed E-state index contributed by atoms with van der Waals surface area (Å²) in [6.45, 7) is 0. The number of benzene rings is 1. The van der Waals surface area contributed by atoms with Crippen LogP contribution >= 0.6 is 0 Å². The molecule has 0 atom stereocenters. The summed E-state index contributed by atoms with van der Waals surface area (Å²) in [7, 11) is 0. The molecule has 1 aromatic carbocycles. The number of hydrogen-bond acceptors (Lipinski definition) is 4. The SMILES string of the molecule is O=C(O)C(=O)O.O=C(O)c1ccccc1C(=O)O.[KH]. The van der Waals surface area contributed by atoms with Crippen molar-refractivity contribution in [2.75, 3.05) is 0 Å². The molecule has 98 valence electrons. The van der Waals surface area contributed by atoms with Crippen molar-refractivity contribution in [3.05, 3.63) is 35.4 Å². The molecule has 0 radical (unpaired) electrons. The van der Waals surface area contributed by atoms with Crippen molar-refractivity contribution < 1.29 is 39.6 Å². The Kier molecular flexibility index (Phi) is 10.2. The third-order valence-corrected chi connectivity index (χ3v) is 1.57. The van der Waals surface area contributed by atoms with E-state index in [0.29, 0.717) is 0 Å². The van der Waals surface area contributed by atoms with Gasteiger partial charge in [-0.05, 0) is 12.1 Å². The molecule has 8 nitrogen and oxygen atoms in total. The van der Waals surface area contributed by atoms with Gasteiger partial charge in [-0.3, -0.25) is 0 Å². The summed E-state index contributed by atoms with van der Waals surface area (Å²) in [5.41, 5.74) is -0.380. The third-order valence-electron chi connectivity index (χ3n) is 1.57. The maximum absolute atomic E-state index is 10.5. The van der Waals surface area contributed by atoms with E-state index in [-0.39, 0.29) is 62.5 Å². The zero-order valence-corrected chi connectivity index (χ0v) is 8.73. The Morgan fingerprint density at radius 2 is 0.947 bits per heavy atom. The summed E-state index contributed by atoms with van der Waals surface area (Å²) in [4.78, 5) is 39.1. The molecule has 0 aliphatic heterocycles. The van der Waals surface area contributed by atoms with Crippen molar-refractivity contribution in [3.63, 3.8) is 0 Å². The first-order valence-corrected chi connectivity index (χ1v) is 4.29. The number of carboxylic acids is 4. The molecule has 0 amide bonds. The van der Waals surface area contributed by atoms with Gasteiger partial charge in [0.25, 0.3) is 0 Å². The fourth-order valence-electron chi connectivity index (χ4n) is 0.856. The molecule has 0 fully saturated rings. The van der Waals surface area contributed by atoms with E-state index < -0.39 is 23.9 Å². The molecule has 0 saturated heterocycles. The van der Waals surface area contributed by atoms with Gasteiger partial charge in [-0.2, -0.15) is 0 Å². The molecule has 19 heavy (non-hydrogen) atoms. The summed E-state index contributed by atoms with van der Waals surface area (Å²) in [5.74, 6) is -6.11. The normalized spacial score (nSPS) is 8.21. The Morgan fingerprint density at radius 1 is 0.684 bits per heavy atom. The van der Waals surface area contributed by atoms with Crippen LogP contribution in [0.1, 0.15) is 20.7 Å². The van der Waals surface area contributed by atoms with Crippen molar-refractivity contribution in [3.8, 4) is 0 Å².